The van der Waals surface area contributed by atoms with Crippen molar-refractivity contribution in [3.05, 3.63) is 29.8 Å². The van der Waals surface area contributed by atoms with Gasteiger partial charge in [-0.15, -0.1) is 0 Å². The first-order chi connectivity index (χ1) is 9.86. The van der Waals surface area contributed by atoms with Crippen LogP contribution in [0.2, 0.25) is 0 Å². The Labute approximate surface area is 139 Å². The smallest absolute Gasteiger partial charge is 0.223 e. The van der Waals surface area contributed by atoms with Gasteiger partial charge in [-0.25, -0.2) is 8.42 Å². The number of rotatable bonds is 6. The van der Waals surface area contributed by atoms with E-state index < -0.39 is 15.1 Å². The molecule has 1 atom stereocenters. The molecule has 1 aliphatic carbocycles. The number of sulfone groups is 1. The minimum atomic E-state index is -3.31. The van der Waals surface area contributed by atoms with E-state index in [4.69, 9.17) is 0 Å². The Hall–Kier alpha value is -0.830. The summed E-state index contributed by atoms with van der Waals surface area (Å²) in [4.78, 5) is 13.5. The SMILES string of the molecule is CN(C)C(=O)CC(c1cccc(NI)c1)S(=O)(=O)C1CC1. The molecule has 1 unspecified atom stereocenters. The van der Waals surface area contributed by atoms with Crippen LogP contribution in [0.25, 0.3) is 0 Å². The number of halogens is 1. The Morgan fingerprint density at radius 1 is 1.43 bits per heavy atom. The van der Waals surface area contributed by atoms with Crippen LogP contribution >= 0.6 is 22.9 Å². The van der Waals surface area contributed by atoms with Crippen molar-refractivity contribution in [2.75, 3.05) is 17.6 Å². The second-order valence-electron chi connectivity index (χ2n) is 5.49. The second kappa shape index (κ2) is 6.51. The highest BCUT2D eigenvalue weighted by atomic mass is 127. The molecule has 1 aliphatic rings. The monoisotopic (exact) mass is 422 g/mol. The number of hydrogen-bond acceptors (Lipinski definition) is 4. The van der Waals surface area contributed by atoms with E-state index in [9.17, 15) is 13.2 Å². The van der Waals surface area contributed by atoms with Crippen molar-refractivity contribution in [3.8, 4) is 0 Å². The van der Waals surface area contributed by atoms with Gasteiger partial charge >= 0.3 is 0 Å². The van der Waals surface area contributed by atoms with Crippen molar-refractivity contribution in [2.24, 2.45) is 0 Å². The topological polar surface area (TPSA) is 66.5 Å². The zero-order valence-electron chi connectivity index (χ0n) is 12.0. The van der Waals surface area contributed by atoms with Crippen molar-refractivity contribution >= 4 is 44.3 Å². The van der Waals surface area contributed by atoms with Crippen LogP contribution in [0.5, 0.6) is 0 Å². The fraction of sp³-hybridized carbons (Fsp3) is 0.500. The van der Waals surface area contributed by atoms with Crippen LogP contribution in [0.15, 0.2) is 24.3 Å². The standard InChI is InChI=1S/C14H19IN2O3S/c1-17(2)14(18)9-13(21(19,20)12-6-7-12)10-4-3-5-11(8-10)16-15/h3-5,8,12-13,16H,6-7,9H2,1-2H3. The average Bonchev–Trinajstić information content (AvgIpc) is 3.29. The number of nitrogens with zero attached hydrogens (tertiary/aromatic N) is 1. The first kappa shape index (κ1) is 16.5. The average molecular weight is 422 g/mol. The lowest BCUT2D eigenvalue weighted by atomic mass is 10.1. The summed E-state index contributed by atoms with van der Waals surface area (Å²) in [6, 6.07) is 7.27. The molecule has 1 fully saturated rings. The molecule has 1 aromatic carbocycles. The maximum absolute atomic E-state index is 12.7. The predicted octanol–water partition coefficient (Wildman–Crippen LogP) is 2.55. The van der Waals surface area contributed by atoms with Crippen molar-refractivity contribution in [1.29, 1.82) is 0 Å². The van der Waals surface area contributed by atoms with Gasteiger partial charge in [-0.1, -0.05) is 12.1 Å². The van der Waals surface area contributed by atoms with Crippen molar-refractivity contribution in [3.63, 3.8) is 0 Å². The van der Waals surface area contributed by atoms with Crippen LogP contribution < -0.4 is 3.53 Å². The lowest BCUT2D eigenvalue weighted by molar-refractivity contribution is -0.128. The summed E-state index contributed by atoms with van der Waals surface area (Å²) >= 11 is 2.00. The molecule has 116 valence electrons. The van der Waals surface area contributed by atoms with Gasteiger partial charge in [0.15, 0.2) is 9.84 Å². The molecule has 0 bridgehead atoms. The highest BCUT2D eigenvalue weighted by Gasteiger charge is 2.42. The van der Waals surface area contributed by atoms with Gasteiger partial charge in [-0.3, -0.25) is 4.79 Å². The molecular weight excluding hydrogens is 403 g/mol. The summed E-state index contributed by atoms with van der Waals surface area (Å²) < 4.78 is 28.3. The van der Waals surface area contributed by atoms with E-state index in [0.29, 0.717) is 18.4 Å². The summed E-state index contributed by atoms with van der Waals surface area (Å²) in [5.74, 6) is -0.169. The molecule has 1 amide bonds. The Balaban J connectivity index is 2.37. The Kier molecular flexibility index (Phi) is 5.13. The highest BCUT2D eigenvalue weighted by Crippen LogP contribution is 2.40. The van der Waals surface area contributed by atoms with Crippen LogP contribution in [0, 0.1) is 0 Å². The summed E-state index contributed by atoms with van der Waals surface area (Å²) in [5.41, 5.74) is 1.51. The second-order valence-corrected chi connectivity index (χ2v) is 8.44. The lowest BCUT2D eigenvalue weighted by Crippen LogP contribution is -2.28. The van der Waals surface area contributed by atoms with E-state index in [1.54, 1.807) is 26.2 Å². The molecule has 1 aromatic rings. The van der Waals surface area contributed by atoms with Crippen molar-refractivity contribution in [2.45, 2.75) is 29.8 Å². The Bertz CT molecular complexity index is 627. The first-order valence-electron chi connectivity index (χ1n) is 6.75. The molecule has 1 N–H and O–H groups in total. The molecule has 0 aliphatic heterocycles. The summed E-state index contributed by atoms with van der Waals surface area (Å²) in [6.45, 7) is 0. The van der Waals surface area contributed by atoms with E-state index >= 15 is 0 Å². The number of carbonyl (C=O) groups is 1. The third-order valence-corrected chi connectivity index (χ3v) is 6.87. The van der Waals surface area contributed by atoms with Crippen LogP contribution in [0.1, 0.15) is 30.1 Å². The number of amides is 1. The van der Waals surface area contributed by atoms with E-state index in [1.165, 1.54) is 4.90 Å². The first-order valence-corrected chi connectivity index (χ1v) is 9.44. The molecule has 21 heavy (non-hydrogen) atoms. The maximum atomic E-state index is 12.7. The highest BCUT2D eigenvalue weighted by molar-refractivity contribution is 14.1. The third kappa shape index (κ3) is 3.88. The number of anilines is 1. The molecular formula is C14H19IN2O3S. The Morgan fingerprint density at radius 3 is 2.62 bits per heavy atom. The van der Waals surface area contributed by atoms with Crippen molar-refractivity contribution < 1.29 is 13.2 Å². The van der Waals surface area contributed by atoms with Crippen LogP contribution in [0.4, 0.5) is 5.69 Å². The van der Waals surface area contributed by atoms with Crippen LogP contribution in [-0.4, -0.2) is 38.6 Å². The van der Waals surface area contributed by atoms with E-state index in [2.05, 4.69) is 3.53 Å². The summed E-state index contributed by atoms with van der Waals surface area (Å²) in [5, 5.41) is -1.04. The molecule has 2 rings (SSSR count). The van der Waals surface area contributed by atoms with Gasteiger partial charge in [0.05, 0.1) is 33.4 Å². The van der Waals surface area contributed by atoms with Gasteiger partial charge < -0.3 is 8.43 Å². The zero-order chi connectivity index (χ0) is 15.6. The predicted molar refractivity (Wildman–Crippen MR) is 92.1 cm³/mol. The fourth-order valence-corrected chi connectivity index (χ4v) is 4.69. The maximum Gasteiger partial charge on any atom is 0.223 e. The molecule has 0 aromatic heterocycles. The normalized spacial score (nSPS) is 16.3. The number of benzene rings is 1. The van der Waals surface area contributed by atoms with E-state index in [0.717, 1.165) is 5.69 Å². The third-order valence-electron chi connectivity index (χ3n) is 3.61. The van der Waals surface area contributed by atoms with Gasteiger partial charge in [0, 0.05) is 26.2 Å². The summed E-state index contributed by atoms with van der Waals surface area (Å²) in [7, 11) is -0.0226. The van der Waals surface area contributed by atoms with Crippen molar-refractivity contribution in [1.82, 2.24) is 4.90 Å². The molecule has 0 saturated heterocycles. The molecule has 5 nitrogen and oxygen atoms in total. The largest absolute Gasteiger partial charge is 0.349 e. The molecule has 1 saturated carbocycles. The minimum Gasteiger partial charge on any atom is -0.349 e. The molecule has 7 heteroatoms. The zero-order valence-corrected chi connectivity index (χ0v) is 15.0. The minimum absolute atomic E-state index is 0.00344. The molecule has 0 heterocycles. The number of hydrogen-bond donors (Lipinski definition) is 1. The van der Waals surface area contributed by atoms with Gasteiger partial charge in [0.25, 0.3) is 0 Å². The lowest BCUT2D eigenvalue weighted by Gasteiger charge is -2.20. The molecule has 0 radical (unpaired) electrons. The fourth-order valence-electron chi connectivity index (χ4n) is 2.19. The van der Waals surface area contributed by atoms with Gasteiger partial charge in [-0.2, -0.15) is 0 Å². The van der Waals surface area contributed by atoms with Gasteiger partial charge in [0.2, 0.25) is 5.91 Å². The summed E-state index contributed by atoms with van der Waals surface area (Å²) in [6.07, 6.45) is 1.41. The number of carbonyl (C=O) groups excluding carboxylic acids is 1. The van der Waals surface area contributed by atoms with Crippen LogP contribution in [0.3, 0.4) is 0 Å². The quantitative estimate of drug-likeness (QED) is 0.566. The Morgan fingerprint density at radius 2 is 2.10 bits per heavy atom. The van der Waals surface area contributed by atoms with E-state index in [-0.39, 0.29) is 17.6 Å². The van der Waals surface area contributed by atoms with Crippen LogP contribution in [-0.2, 0) is 14.6 Å². The van der Waals surface area contributed by atoms with Gasteiger partial charge in [-0.05, 0) is 30.5 Å². The van der Waals surface area contributed by atoms with Gasteiger partial charge in [0.1, 0.15) is 0 Å². The number of nitrogens with one attached hydrogen (secondary N) is 1. The van der Waals surface area contributed by atoms with E-state index in [1.807, 2.05) is 35.0 Å². The molecule has 0 spiro atoms.